The highest BCUT2D eigenvalue weighted by atomic mass is 15.1. The lowest BCUT2D eigenvalue weighted by Crippen LogP contribution is -2.20. The Morgan fingerprint density at radius 2 is 2.43 bits per heavy atom. The first kappa shape index (κ1) is 10.6. The van der Waals surface area contributed by atoms with Crippen LogP contribution >= 0.6 is 0 Å². The molecule has 3 heteroatoms. The van der Waals surface area contributed by atoms with E-state index in [9.17, 15) is 0 Å². The van der Waals surface area contributed by atoms with E-state index in [1.807, 2.05) is 31.3 Å². The molecule has 0 saturated heterocycles. The third-order valence-corrected chi connectivity index (χ3v) is 1.98. The predicted molar refractivity (Wildman–Crippen MR) is 59.1 cm³/mol. The predicted octanol–water partition coefficient (Wildman–Crippen LogP) is 0.870. The van der Waals surface area contributed by atoms with Gasteiger partial charge in [0.05, 0.1) is 6.54 Å². The van der Waals surface area contributed by atoms with Gasteiger partial charge in [0, 0.05) is 37.2 Å². The highest BCUT2D eigenvalue weighted by molar-refractivity contribution is 5.52. The number of nitrogens with zero attached hydrogens (tertiary/aromatic N) is 2. The number of nitrogens with one attached hydrogen (secondary N) is 1. The van der Waals surface area contributed by atoms with Crippen molar-refractivity contribution < 1.29 is 0 Å². The summed E-state index contributed by atoms with van der Waals surface area (Å²) in [5.41, 5.74) is 2.29. The lowest BCUT2D eigenvalue weighted by Gasteiger charge is -2.19. The smallest absolute Gasteiger partial charge is 0.0788 e. The molecular formula is C11H15N3. The van der Waals surface area contributed by atoms with Gasteiger partial charge in [-0.1, -0.05) is 5.92 Å². The Hall–Kier alpha value is -1.53. The van der Waals surface area contributed by atoms with Gasteiger partial charge in [-0.2, -0.15) is 0 Å². The normalized spacial score (nSPS) is 9.50. The molecule has 0 fully saturated rings. The minimum Gasteiger partial charge on any atom is -0.363 e. The van der Waals surface area contributed by atoms with Gasteiger partial charge >= 0.3 is 0 Å². The second kappa shape index (κ2) is 5.25. The molecule has 1 aromatic rings. The molecule has 0 atom stereocenters. The highest BCUT2D eigenvalue weighted by Crippen LogP contribution is 2.16. The monoisotopic (exact) mass is 189 g/mol. The minimum atomic E-state index is 0.612. The third kappa shape index (κ3) is 2.48. The Labute approximate surface area is 85.1 Å². The Bertz CT molecular complexity index is 328. The van der Waals surface area contributed by atoms with Gasteiger partial charge < -0.3 is 10.2 Å². The first-order chi connectivity index (χ1) is 6.79. The summed E-state index contributed by atoms with van der Waals surface area (Å²) in [6.07, 6.45) is 8.91. The molecule has 0 amide bonds. The second-order valence-electron chi connectivity index (χ2n) is 3.09. The van der Waals surface area contributed by atoms with Crippen molar-refractivity contribution in [3.8, 4) is 12.3 Å². The van der Waals surface area contributed by atoms with Gasteiger partial charge in [-0.3, -0.25) is 4.98 Å². The quantitative estimate of drug-likeness (QED) is 0.712. The number of pyridine rings is 1. The van der Waals surface area contributed by atoms with Crippen LogP contribution in [0, 0.1) is 12.3 Å². The van der Waals surface area contributed by atoms with E-state index in [0.717, 1.165) is 17.8 Å². The Morgan fingerprint density at radius 1 is 1.64 bits per heavy atom. The molecule has 1 N–H and O–H groups in total. The van der Waals surface area contributed by atoms with Crippen LogP contribution in [0.3, 0.4) is 0 Å². The number of aromatic nitrogens is 1. The zero-order valence-electron chi connectivity index (χ0n) is 8.62. The molecule has 14 heavy (non-hydrogen) atoms. The summed E-state index contributed by atoms with van der Waals surface area (Å²) in [6.45, 7) is 1.42. The van der Waals surface area contributed by atoms with E-state index in [-0.39, 0.29) is 0 Å². The fourth-order valence-electron chi connectivity index (χ4n) is 1.34. The molecular weight excluding hydrogens is 174 g/mol. The Balaban J connectivity index is 2.89. The summed E-state index contributed by atoms with van der Waals surface area (Å²) in [5, 5.41) is 3.10. The van der Waals surface area contributed by atoms with Crippen LogP contribution in [0.2, 0.25) is 0 Å². The SMILES string of the molecule is C#CCN(C)c1ccncc1CNC. The standard InChI is InChI=1S/C11H15N3/c1-4-7-14(3)11-5-6-13-9-10(11)8-12-2/h1,5-6,9,12H,7-8H2,2-3H3. The summed E-state index contributed by atoms with van der Waals surface area (Å²) in [4.78, 5) is 6.12. The van der Waals surface area contributed by atoms with Gasteiger partial charge in [0.2, 0.25) is 0 Å². The molecule has 74 valence electrons. The van der Waals surface area contributed by atoms with Crippen molar-refractivity contribution in [1.29, 1.82) is 0 Å². The molecule has 3 nitrogen and oxygen atoms in total. The third-order valence-electron chi connectivity index (χ3n) is 1.98. The van der Waals surface area contributed by atoms with Gasteiger partial charge in [0.25, 0.3) is 0 Å². The summed E-state index contributed by atoms with van der Waals surface area (Å²) >= 11 is 0. The number of hydrogen-bond donors (Lipinski definition) is 1. The first-order valence-corrected chi connectivity index (χ1v) is 4.51. The van der Waals surface area contributed by atoms with E-state index in [1.165, 1.54) is 0 Å². The lowest BCUT2D eigenvalue weighted by molar-refractivity contribution is 0.807. The largest absolute Gasteiger partial charge is 0.363 e. The van der Waals surface area contributed by atoms with Crippen molar-refractivity contribution in [2.75, 3.05) is 25.5 Å². The van der Waals surface area contributed by atoms with Gasteiger partial charge in [0.15, 0.2) is 0 Å². The van der Waals surface area contributed by atoms with Gasteiger partial charge in [-0.25, -0.2) is 0 Å². The summed E-state index contributed by atoms with van der Waals surface area (Å²) < 4.78 is 0. The molecule has 0 bridgehead atoms. The van der Waals surface area contributed by atoms with Crippen LogP contribution in [-0.4, -0.2) is 25.6 Å². The van der Waals surface area contributed by atoms with E-state index < -0.39 is 0 Å². The van der Waals surface area contributed by atoms with Crippen LogP contribution in [-0.2, 0) is 6.54 Å². The molecule has 0 aliphatic heterocycles. The topological polar surface area (TPSA) is 28.2 Å². The number of anilines is 1. The van der Waals surface area contributed by atoms with Gasteiger partial charge in [-0.05, 0) is 13.1 Å². The van der Waals surface area contributed by atoms with Crippen LogP contribution in [0.4, 0.5) is 5.69 Å². The van der Waals surface area contributed by atoms with Crippen LogP contribution in [0.5, 0.6) is 0 Å². The zero-order valence-corrected chi connectivity index (χ0v) is 8.62. The zero-order chi connectivity index (χ0) is 10.4. The van der Waals surface area contributed by atoms with Crippen LogP contribution in [0.1, 0.15) is 5.56 Å². The van der Waals surface area contributed by atoms with Crippen molar-refractivity contribution in [1.82, 2.24) is 10.3 Å². The average molecular weight is 189 g/mol. The molecule has 0 saturated carbocycles. The fraction of sp³-hybridized carbons (Fsp3) is 0.364. The van der Waals surface area contributed by atoms with Crippen LogP contribution in [0.25, 0.3) is 0 Å². The van der Waals surface area contributed by atoms with Crippen molar-refractivity contribution in [2.45, 2.75) is 6.54 Å². The average Bonchev–Trinajstić information content (AvgIpc) is 2.19. The molecule has 0 aromatic carbocycles. The van der Waals surface area contributed by atoms with Crippen molar-refractivity contribution >= 4 is 5.69 Å². The number of rotatable bonds is 4. The Morgan fingerprint density at radius 3 is 3.07 bits per heavy atom. The van der Waals surface area contributed by atoms with Crippen molar-refractivity contribution in [3.05, 3.63) is 24.0 Å². The van der Waals surface area contributed by atoms with Gasteiger partial charge in [-0.15, -0.1) is 6.42 Å². The fourth-order valence-corrected chi connectivity index (χ4v) is 1.34. The maximum atomic E-state index is 5.27. The lowest BCUT2D eigenvalue weighted by atomic mass is 10.2. The van der Waals surface area contributed by atoms with E-state index in [0.29, 0.717) is 6.54 Å². The summed E-state index contributed by atoms with van der Waals surface area (Å²) in [7, 11) is 3.90. The molecule has 0 unspecified atom stereocenters. The van der Waals surface area contributed by atoms with Crippen molar-refractivity contribution in [2.24, 2.45) is 0 Å². The van der Waals surface area contributed by atoms with Crippen molar-refractivity contribution in [3.63, 3.8) is 0 Å². The molecule has 0 radical (unpaired) electrons. The van der Waals surface area contributed by atoms with E-state index in [2.05, 4.69) is 16.2 Å². The molecule has 1 heterocycles. The second-order valence-corrected chi connectivity index (χ2v) is 3.09. The maximum absolute atomic E-state index is 5.27. The number of hydrogen-bond acceptors (Lipinski definition) is 3. The first-order valence-electron chi connectivity index (χ1n) is 4.51. The molecule has 1 rings (SSSR count). The van der Waals surface area contributed by atoms with Crippen LogP contribution in [0.15, 0.2) is 18.5 Å². The van der Waals surface area contributed by atoms with E-state index >= 15 is 0 Å². The molecule has 0 aliphatic rings. The molecule has 1 aromatic heterocycles. The van der Waals surface area contributed by atoms with E-state index in [1.54, 1.807) is 6.20 Å². The minimum absolute atomic E-state index is 0.612. The van der Waals surface area contributed by atoms with Crippen LogP contribution < -0.4 is 10.2 Å². The highest BCUT2D eigenvalue weighted by Gasteiger charge is 2.04. The Kier molecular flexibility index (Phi) is 3.96. The maximum Gasteiger partial charge on any atom is 0.0788 e. The summed E-state index contributed by atoms with van der Waals surface area (Å²) in [5.74, 6) is 2.62. The number of terminal acetylenes is 1. The van der Waals surface area contributed by atoms with Gasteiger partial charge in [0.1, 0.15) is 0 Å². The molecule has 0 spiro atoms. The molecule has 0 aliphatic carbocycles. The van der Waals surface area contributed by atoms with E-state index in [4.69, 9.17) is 6.42 Å². The summed E-state index contributed by atoms with van der Waals surface area (Å²) in [6, 6.07) is 1.98.